The van der Waals surface area contributed by atoms with Gasteiger partial charge in [-0.3, -0.25) is 4.98 Å². The molecule has 0 unspecified atom stereocenters. The van der Waals surface area contributed by atoms with Gasteiger partial charge in [-0.05, 0) is 72.8 Å². The third-order valence-corrected chi connectivity index (χ3v) is 9.98. The first-order valence-electron chi connectivity index (χ1n) is 14.6. The van der Waals surface area contributed by atoms with Crippen LogP contribution in [0.2, 0.25) is 0 Å². The lowest BCUT2D eigenvalue weighted by Crippen LogP contribution is -2.10. The molecule has 0 saturated heterocycles. The number of hydrogen-bond acceptors (Lipinski definition) is 5. The number of fused-ring (bicyclic) bond motifs is 11. The molecule has 0 radical (unpaired) electrons. The Balaban J connectivity index is 1.29. The molecule has 0 fully saturated rings. The van der Waals surface area contributed by atoms with Crippen molar-refractivity contribution in [2.24, 2.45) is 0 Å². The highest BCUT2D eigenvalue weighted by atomic mass is 32.1. The zero-order valence-corrected chi connectivity index (χ0v) is 24.1. The molecule has 4 heterocycles. The highest BCUT2D eigenvalue weighted by Gasteiger charge is 2.21. The highest BCUT2D eigenvalue weighted by Crippen LogP contribution is 2.47. The van der Waals surface area contributed by atoms with Crippen LogP contribution in [0.5, 0.6) is 0 Å². The van der Waals surface area contributed by atoms with Gasteiger partial charge in [-0.15, -0.1) is 11.3 Å². The summed E-state index contributed by atoms with van der Waals surface area (Å²) in [6.07, 6.45) is 1.86. The topological polar surface area (TPSA) is 42.4 Å². The van der Waals surface area contributed by atoms with Crippen molar-refractivity contribution in [1.82, 2.24) is 4.98 Å². The maximum atomic E-state index is 6.21. The maximum Gasteiger partial charge on any atom is 0.135 e. The summed E-state index contributed by atoms with van der Waals surface area (Å²) in [7, 11) is 0. The van der Waals surface area contributed by atoms with Gasteiger partial charge in [0.05, 0.1) is 15.9 Å². The number of rotatable bonds is 3. The van der Waals surface area contributed by atoms with Crippen LogP contribution in [0.15, 0.2) is 142 Å². The first-order valence-corrected chi connectivity index (χ1v) is 15.4. The van der Waals surface area contributed by atoms with E-state index in [1.807, 2.05) is 47.9 Å². The van der Waals surface area contributed by atoms with Crippen LogP contribution in [0, 0.1) is 0 Å². The molecule has 0 aliphatic heterocycles. The lowest BCUT2D eigenvalue weighted by molar-refractivity contribution is 0.668. The van der Waals surface area contributed by atoms with Crippen molar-refractivity contribution in [1.29, 1.82) is 0 Å². The van der Waals surface area contributed by atoms with E-state index in [0.717, 1.165) is 66.5 Å². The number of benzene rings is 6. The molecule has 0 bridgehead atoms. The molecule has 206 valence electrons. The monoisotopic (exact) mass is 582 g/mol. The molecule has 44 heavy (non-hydrogen) atoms. The van der Waals surface area contributed by atoms with Crippen molar-refractivity contribution in [3.8, 4) is 0 Å². The summed E-state index contributed by atoms with van der Waals surface area (Å²) in [6, 6.07) is 44.7. The molecule has 10 aromatic rings. The van der Waals surface area contributed by atoms with Gasteiger partial charge in [-0.1, -0.05) is 54.6 Å². The van der Waals surface area contributed by atoms with Gasteiger partial charge in [0.1, 0.15) is 22.3 Å². The van der Waals surface area contributed by atoms with Crippen LogP contribution in [0.1, 0.15) is 0 Å². The number of pyridine rings is 1. The van der Waals surface area contributed by atoms with Crippen molar-refractivity contribution in [3.63, 3.8) is 0 Å². The predicted molar refractivity (Wildman–Crippen MR) is 184 cm³/mol. The smallest absolute Gasteiger partial charge is 0.135 e. The third-order valence-electron chi connectivity index (χ3n) is 8.70. The minimum absolute atomic E-state index is 0.880. The Hall–Kier alpha value is -5.65. The lowest BCUT2D eigenvalue weighted by atomic mass is 10.1. The lowest BCUT2D eigenvalue weighted by Gasteiger charge is -2.26. The summed E-state index contributed by atoms with van der Waals surface area (Å²) in [5, 5.41) is 8.08. The standard InChI is InChI=1S/C39H22N2O2S/c1-3-12-34-25(7-1)30-21-23(14-18-36(30)42-34)41(24-15-19-37-31(22-24)26-8-2-4-13-35(26)43-37)33-11-5-9-27-28-16-17-32-29(10-6-20-40-32)38(28)44-39(27)33/h1-22H. The molecule has 0 aliphatic rings. The van der Waals surface area contributed by atoms with Gasteiger partial charge in [-0.25, -0.2) is 0 Å². The zero-order valence-electron chi connectivity index (χ0n) is 23.3. The summed E-state index contributed by atoms with van der Waals surface area (Å²) in [4.78, 5) is 7.01. The van der Waals surface area contributed by atoms with Crippen molar-refractivity contribution < 1.29 is 8.83 Å². The van der Waals surface area contributed by atoms with Gasteiger partial charge in [-0.2, -0.15) is 0 Å². The van der Waals surface area contributed by atoms with Crippen LogP contribution >= 0.6 is 11.3 Å². The van der Waals surface area contributed by atoms with Crippen LogP contribution < -0.4 is 4.90 Å². The normalized spacial score (nSPS) is 12.1. The van der Waals surface area contributed by atoms with E-state index in [9.17, 15) is 0 Å². The molecule has 0 aliphatic carbocycles. The Labute approximate surface area is 255 Å². The maximum absolute atomic E-state index is 6.21. The highest BCUT2D eigenvalue weighted by molar-refractivity contribution is 7.27. The Morgan fingerprint density at radius 1 is 0.455 bits per heavy atom. The minimum atomic E-state index is 0.880. The molecular weight excluding hydrogens is 561 g/mol. The molecule has 0 atom stereocenters. The summed E-state index contributed by atoms with van der Waals surface area (Å²) in [5.41, 5.74) is 7.81. The van der Waals surface area contributed by atoms with Gasteiger partial charge in [0.15, 0.2) is 0 Å². The fourth-order valence-electron chi connectivity index (χ4n) is 6.70. The van der Waals surface area contributed by atoms with Gasteiger partial charge in [0, 0.05) is 60.0 Å². The Kier molecular flexibility index (Phi) is 4.84. The number of furan rings is 2. The number of anilines is 3. The fraction of sp³-hybridized carbons (Fsp3) is 0. The Bertz CT molecular complexity index is 2640. The van der Waals surface area contributed by atoms with Crippen molar-refractivity contribution in [3.05, 3.63) is 134 Å². The van der Waals surface area contributed by atoms with E-state index in [1.54, 1.807) is 0 Å². The first-order chi connectivity index (χ1) is 21.8. The molecule has 10 rings (SSSR count). The molecule has 0 spiro atoms. The molecule has 0 saturated carbocycles. The predicted octanol–water partition coefficient (Wildman–Crippen LogP) is 11.9. The van der Waals surface area contributed by atoms with Crippen molar-refractivity contribution in [2.75, 3.05) is 4.90 Å². The zero-order chi connectivity index (χ0) is 28.8. The summed E-state index contributed by atoms with van der Waals surface area (Å²) in [6.45, 7) is 0. The van der Waals surface area contributed by atoms with E-state index in [1.165, 1.54) is 25.6 Å². The summed E-state index contributed by atoms with van der Waals surface area (Å²) in [5.74, 6) is 0. The Morgan fingerprint density at radius 3 is 1.75 bits per heavy atom. The number of para-hydroxylation sites is 2. The number of thiophene rings is 1. The molecule has 0 N–H and O–H groups in total. The van der Waals surface area contributed by atoms with E-state index in [4.69, 9.17) is 8.83 Å². The van der Waals surface area contributed by atoms with Gasteiger partial charge < -0.3 is 13.7 Å². The molecule has 0 amide bonds. The van der Waals surface area contributed by atoms with E-state index in [-0.39, 0.29) is 0 Å². The Morgan fingerprint density at radius 2 is 1.05 bits per heavy atom. The largest absolute Gasteiger partial charge is 0.456 e. The van der Waals surface area contributed by atoms with Crippen LogP contribution in [-0.2, 0) is 0 Å². The second-order valence-electron chi connectivity index (χ2n) is 11.2. The van der Waals surface area contributed by atoms with Crippen LogP contribution in [0.25, 0.3) is 75.0 Å². The SMILES string of the molecule is c1ccc2c(c1)oc1ccc(N(c3ccc4oc5ccccc5c4c3)c3cccc4c3sc3c5cccnc5ccc43)cc12. The van der Waals surface area contributed by atoms with Crippen molar-refractivity contribution in [2.45, 2.75) is 0 Å². The van der Waals surface area contributed by atoms with E-state index < -0.39 is 0 Å². The number of hydrogen-bond donors (Lipinski definition) is 0. The first kappa shape index (κ1) is 23.9. The van der Waals surface area contributed by atoms with Crippen LogP contribution in [0.4, 0.5) is 17.1 Å². The fourth-order valence-corrected chi connectivity index (χ4v) is 8.03. The average Bonchev–Trinajstić information content (AvgIpc) is 3.76. The van der Waals surface area contributed by atoms with Gasteiger partial charge >= 0.3 is 0 Å². The van der Waals surface area contributed by atoms with Gasteiger partial charge in [0.25, 0.3) is 0 Å². The summed E-state index contributed by atoms with van der Waals surface area (Å²) < 4.78 is 14.9. The third kappa shape index (κ3) is 3.36. The van der Waals surface area contributed by atoms with Gasteiger partial charge in [0.2, 0.25) is 0 Å². The quantitative estimate of drug-likeness (QED) is 0.208. The molecule has 5 heteroatoms. The number of nitrogens with zero attached hydrogens (tertiary/aromatic N) is 2. The average molecular weight is 583 g/mol. The van der Waals surface area contributed by atoms with Crippen LogP contribution in [-0.4, -0.2) is 4.98 Å². The molecule has 6 aromatic carbocycles. The van der Waals surface area contributed by atoms with E-state index in [2.05, 4.69) is 107 Å². The van der Waals surface area contributed by atoms with Crippen LogP contribution in [0.3, 0.4) is 0 Å². The minimum Gasteiger partial charge on any atom is -0.456 e. The second-order valence-corrected chi connectivity index (χ2v) is 12.2. The molecule has 4 nitrogen and oxygen atoms in total. The van der Waals surface area contributed by atoms with Crippen molar-refractivity contribution >= 4 is 103 Å². The second kappa shape index (κ2) is 8.93. The summed E-state index contributed by atoms with van der Waals surface area (Å²) >= 11 is 1.83. The van der Waals surface area contributed by atoms with E-state index >= 15 is 0 Å². The molecule has 4 aromatic heterocycles. The van der Waals surface area contributed by atoms with E-state index in [0.29, 0.717) is 0 Å². The number of aromatic nitrogens is 1. The molecular formula is C39H22N2O2S.